The molecule has 0 aliphatic carbocycles. The summed E-state index contributed by atoms with van der Waals surface area (Å²) in [5.41, 5.74) is 13.4. The van der Waals surface area contributed by atoms with Crippen molar-refractivity contribution in [3.05, 3.63) is 42.4 Å². The molecule has 1 unspecified atom stereocenters. The van der Waals surface area contributed by atoms with Crippen LogP contribution in [0.25, 0.3) is 5.69 Å². The molecule has 9 heteroatoms. The summed E-state index contributed by atoms with van der Waals surface area (Å²) in [5, 5.41) is 14.1. The van der Waals surface area contributed by atoms with Gasteiger partial charge in [-0.15, -0.1) is 5.10 Å². The average molecular weight is 286 g/mol. The summed E-state index contributed by atoms with van der Waals surface area (Å²) < 4.78 is 6.79. The van der Waals surface area contributed by atoms with E-state index in [1.165, 1.54) is 11.0 Å². The fourth-order valence-electron chi connectivity index (χ4n) is 2.01. The Morgan fingerprint density at radius 3 is 2.86 bits per heavy atom. The molecule has 2 heterocycles. The van der Waals surface area contributed by atoms with Gasteiger partial charge in [-0.05, 0) is 28.6 Å². The third kappa shape index (κ3) is 2.41. The Balaban J connectivity index is 2.11. The smallest absolute Gasteiger partial charge is 0.211 e. The lowest BCUT2D eigenvalue weighted by atomic mass is 10.1. The van der Waals surface area contributed by atoms with Crippen LogP contribution in [-0.4, -0.2) is 33.2 Å². The van der Waals surface area contributed by atoms with E-state index in [1.54, 1.807) is 31.5 Å². The van der Waals surface area contributed by atoms with Crippen molar-refractivity contribution in [1.29, 1.82) is 0 Å². The van der Waals surface area contributed by atoms with Gasteiger partial charge in [0.15, 0.2) is 0 Å². The number of nitrogens with two attached hydrogens (primary N) is 2. The number of aromatic nitrogens is 4. The van der Waals surface area contributed by atoms with Gasteiger partial charge in [-0.1, -0.05) is 0 Å². The van der Waals surface area contributed by atoms with E-state index in [1.807, 2.05) is 6.07 Å². The molecule has 1 aliphatic rings. The van der Waals surface area contributed by atoms with E-state index in [0.29, 0.717) is 22.8 Å². The molecular weight excluding hydrogens is 272 g/mol. The van der Waals surface area contributed by atoms with E-state index in [2.05, 4.69) is 25.8 Å². The van der Waals surface area contributed by atoms with Gasteiger partial charge in [0.2, 0.25) is 5.79 Å². The molecule has 0 bridgehead atoms. The summed E-state index contributed by atoms with van der Waals surface area (Å²) in [6.45, 7) is 0. The van der Waals surface area contributed by atoms with Crippen molar-refractivity contribution in [2.75, 3.05) is 7.11 Å². The van der Waals surface area contributed by atoms with Crippen LogP contribution in [0.4, 0.5) is 0 Å². The van der Waals surface area contributed by atoms with Gasteiger partial charge >= 0.3 is 0 Å². The lowest BCUT2D eigenvalue weighted by Crippen LogP contribution is -2.49. The van der Waals surface area contributed by atoms with Crippen molar-refractivity contribution < 1.29 is 4.74 Å². The Hall–Kier alpha value is -2.94. The molecule has 0 fully saturated rings. The Kier molecular flexibility index (Phi) is 3.03. The van der Waals surface area contributed by atoms with Crippen LogP contribution in [0, 0.1) is 0 Å². The third-order valence-electron chi connectivity index (χ3n) is 3.04. The summed E-state index contributed by atoms with van der Waals surface area (Å²) in [6, 6.07) is 5.37. The fourth-order valence-corrected chi connectivity index (χ4v) is 2.01. The number of amidine groups is 1. The van der Waals surface area contributed by atoms with Crippen molar-refractivity contribution in [2.24, 2.45) is 16.5 Å². The first-order valence-electron chi connectivity index (χ1n) is 6.12. The van der Waals surface area contributed by atoms with Crippen molar-refractivity contribution in [2.45, 2.75) is 5.79 Å². The second-order valence-electron chi connectivity index (χ2n) is 4.45. The zero-order chi connectivity index (χ0) is 14.9. The molecule has 5 N–H and O–H groups in total. The van der Waals surface area contributed by atoms with E-state index in [-0.39, 0.29) is 0 Å². The summed E-state index contributed by atoms with van der Waals surface area (Å²) in [5.74, 6) is -0.230. The molecule has 21 heavy (non-hydrogen) atoms. The number of methoxy groups -OCH3 is 1. The Labute approximate surface area is 120 Å². The van der Waals surface area contributed by atoms with Crippen molar-refractivity contribution in [3.63, 3.8) is 0 Å². The molecule has 0 saturated carbocycles. The Morgan fingerprint density at radius 1 is 1.33 bits per heavy atom. The molecule has 3 rings (SSSR count). The number of hydrogen-bond acceptors (Lipinski definition) is 8. The van der Waals surface area contributed by atoms with Gasteiger partial charge in [0.25, 0.3) is 0 Å². The summed E-state index contributed by atoms with van der Waals surface area (Å²) in [7, 11) is 1.57. The van der Waals surface area contributed by atoms with Crippen LogP contribution in [0.3, 0.4) is 0 Å². The molecule has 0 amide bonds. The quantitative estimate of drug-likeness (QED) is 0.674. The first kappa shape index (κ1) is 13.1. The summed E-state index contributed by atoms with van der Waals surface area (Å²) >= 11 is 0. The van der Waals surface area contributed by atoms with Crippen LogP contribution < -0.4 is 21.5 Å². The molecule has 0 radical (unpaired) electrons. The van der Waals surface area contributed by atoms with Gasteiger partial charge in [-0.2, -0.15) is 0 Å². The van der Waals surface area contributed by atoms with Crippen molar-refractivity contribution in [1.82, 2.24) is 25.5 Å². The average Bonchev–Trinajstić information content (AvgIpc) is 3.01. The minimum atomic E-state index is -1.17. The first-order valence-corrected chi connectivity index (χ1v) is 6.12. The first-order chi connectivity index (χ1) is 10.1. The van der Waals surface area contributed by atoms with Gasteiger partial charge in [-0.25, -0.2) is 9.67 Å². The third-order valence-corrected chi connectivity index (χ3v) is 3.04. The maximum absolute atomic E-state index is 6.27. The number of benzene rings is 1. The Bertz CT molecular complexity index is 708. The van der Waals surface area contributed by atoms with Gasteiger partial charge in [-0.3, -0.25) is 5.73 Å². The number of nitrogens with one attached hydrogen (secondary N) is 1. The molecule has 1 aromatic heterocycles. The zero-order valence-corrected chi connectivity index (χ0v) is 11.3. The number of aliphatic imine (C=N–C) groups is 1. The molecule has 1 atom stereocenters. The summed E-state index contributed by atoms with van der Waals surface area (Å²) in [6.07, 6.45) is 4.76. The summed E-state index contributed by atoms with van der Waals surface area (Å²) in [4.78, 5) is 4.24. The van der Waals surface area contributed by atoms with Crippen molar-refractivity contribution >= 4 is 5.84 Å². The highest BCUT2D eigenvalue weighted by Crippen LogP contribution is 2.26. The maximum Gasteiger partial charge on any atom is 0.211 e. The minimum absolute atomic E-state index is 0.336. The normalized spacial score (nSPS) is 20.8. The molecule has 2 aromatic rings. The SMILES string of the molecule is COc1cc(-n2cnnn2)cc(C2(N)N=C(N)C=CN2)c1. The van der Waals surface area contributed by atoms with E-state index in [0.717, 1.165) is 0 Å². The zero-order valence-electron chi connectivity index (χ0n) is 11.3. The van der Waals surface area contributed by atoms with Gasteiger partial charge in [0.1, 0.15) is 17.9 Å². The van der Waals surface area contributed by atoms with Crippen LogP contribution in [0.5, 0.6) is 5.75 Å². The monoisotopic (exact) mass is 286 g/mol. The lowest BCUT2D eigenvalue weighted by molar-refractivity contribution is 0.394. The highest BCUT2D eigenvalue weighted by molar-refractivity contribution is 5.92. The van der Waals surface area contributed by atoms with Gasteiger partial charge < -0.3 is 15.8 Å². The molecule has 108 valence electrons. The van der Waals surface area contributed by atoms with Crippen LogP contribution in [0.15, 0.2) is 41.8 Å². The molecular formula is C12H14N8O. The number of hydrogen-bond donors (Lipinski definition) is 3. The lowest BCUT2D eigenvalue weighted by Gasteiger charge is -2.29. The van der Waals surface area contributed by atoms with Gasteiger partial charge in [0.05, 0.1) is 12.8 Å². The van der Waals surface area contributed by atoms with Gasteiger partial charge in [0, 0.05) is 17.8 Å². The van der Waals surface area contributed by atoms with Crippen LogP contribution >= 0.6 is 0 Å². The van der Waals surface area contributed by atoms with Crippen molar-refractivity contribution in [3.8, 4) is 11.4 Å². The maximum atomic E-state index is 6.27. The van der Waals surface area contributed by atoms with Crippen LogP contribution in [0.1, 0.15) is 5.56 Å². The number of tetrazole rings is 1. The number of rotatable bonds is 3. The molecule has 1 aromatic carbocycles. The standard InChI is InChI=1S/C12H14N8O/c1-21-10-5-8(12(14)15-3-2-11(13)17-12)4-9(6-10)20-7-16-18-19-20/h2-7,15H,14H2,1H3,(H2,13,17). The van der Waals surface area contributed by atoms with E-state index >= 15 is 0 Å². The molecule has 0 spiro atoms. The largest absolute Gasteiger partial charge is 0.497 e. The number of nitrogens with zero attached hydrogens (tertiary/aromatic N) is 5. The van der Waals surface area contributed by atoms with E-state index in [4.69, 9.17) is 16.2 Å². The van der Waals surface area contributed by atoms with Crippen LogP contribution in [-0.2, 0) is 5.79 Å². The topological polar surface area (TPSA) is 129 Å². The Morgan fingerprint density at radius 2 is 2.19 bits per heavy atom. The minimum Gasteiger partial charge on any atom is -0.497 e. The van der Waals surface area contributed by atoms with E-state index in [9.17, 15) is 0 Å². The highest BCUT2D eigenvalue weighted by atomic mass is 16.5. The van der Waals surface area contributed by atoms with E-state index < -0.39 is 5.79 Å². The second-order valence-corrected chi connectivity index (χ2v) is 4.45. The number of ether oxygens (including phenoxy) is 1. The predicted octanol–water partition coefficient (Wildman–Crippen LogP) is -0.786. The molecule has 0 saturated heterocycles. The highest BCUT2D eigenvalue weighted by Gasteiger charge is 2.28. The molecule has 9 nitrogen and oxygen atoms in total. The second kappa shape index (κ2) is 4.87. The fraction of sp³-hybridized carbons (Fsp3) is 0.167. The predicted molar refractivity (Wildman–Crippen MR) is 75.5 cm³/mol. The molecule has 1 aliphatic heterocycles. The van der Waals surface area contributed by atoms with Crippen LogP contribution in [0.2, 0.25) is 0 Å².